The molecule has 0 saturated carbocycles. The summed E-state index contributed by atoms with van der Waals surface area (Å²) in [6.07, 6.45) is 1.09. The lowest BCUT2D eigenvalue weighted by atomic mass is 9.98. The van der Waals surface area contributed by atoms with E-state index < -0.39 is 6.04 Å². The molecule has 0 aliphatic heterocycles. The molecule has 1 N–H and O–H groups in total. The van der Waals surface area contributed by atoms with Crippen molar-refractivity contribution in [3.63, 3.8) is 0 Å². The van der Waals surface area contributed by atoms with Crippen molar-refractivity contribution in [3.8, 4) is 11.1 Å². The lowest BCUT2D eigenvalue weighted by Gasteiger charge is -2.25. The number of hydrogen-bond acceptors (Lipinski definition) is 11. The Hall–Kier alpha value is -4.47. The number of aryl methyl sites for hydroxylation is 1. The number of fused-ring (bicyclic) bond motifs is 4. The number of aromatic nitrogens is 1. The smallest absolute Gasteiger partial charge is 0.323 e. The molecule has 5 rings (SSSR count). The van der Waals surface area contributed by atoms with E-state index in [9.17, 15) is 14.4 Å². The van der Waals surface area contributed by atoms with Crippen LogP contribution in [0.5, 0.6) is 0 Å². The van der Waals surface area contributed by atoms with Crippen LogP contribution in [0.15, 0.2) is 78.9 Å². The summed E-state index contributed by atoms with van der Waals surface area (Å²) in [5.74, 6) is -0.533. The van der Waals surface area contributed by atoms with Crippen LogP contribution in [-0.4, -0.2) is 133 Å². The number of para-hydroxylation sites is 1. The average Bonchev–Trinajstić information content (AvgIpc) is 3.77. The molecule has 4 aromatic rings. The van der Waals surface area contributed by atoms with Crippen LogP contribution in [-0.2, 0) is 60.6 Å². The number of nitrogens with one attached hydrogen (secondary N) is 1. The van der Waals surface area contributed by atoms with E-state index in [4.69, 9.17) is 33.2 Å². The third kappa shape index (κ3) is 14.3. The minimum absolute atomic E-state index is 0.00408. The Labute approximate surface area is 348 Å². The zero-order valence-electron chi connectivity index (χ0n) is 34.9. The summed E-state index contributed by atoms with van der Waals surface area (Å²) < 4.78 is 40.3. The fraction of sp³-hybridized carbons (Fsp3) is 0.500. The first kappa shape index (κ1) is 45.6. The normalized spacial score (nSPS) is 12.8. The average molecular weight is 816 g/mol. The zero-order chi connectivity index (χ0) is 41.7. The number of carbonyl (C=O) groups excluding carboxylic acids is 3. The first-order valence-corrected chi connectivity index (χ1v) is 20.7. The molecule has 1 atom stereocenters. The Morgan fingerprint density at radius 3 is 1.86 bits per heavy atom. The minimum atomic E-state index is -0.494. The van der Waals surface area contributed by atoms with Crippen LogP contribution in [0, 0.1) is 0 Å². The molecule has 0 fully saturated rings. The number of Topliss-reactive ketones (excluding diaryl/α,β-unsaturated/α-hetero) is 1. The summed E-state index contributed by atoms with van der Waals surface area (Å²) in [6.45, 7) is 8.43. The van der Waals surface area contributed by atoms with E-state index in [0.29, 0.717) is 98.6 Å². The molecule has 0 saturated heterocycles. The molecule has 1 aliphatic rings. The number of nitrogens with zero attached hydrogens (tertiary/aromatic N) is 2. The summed E-state index contributed by atoms with van der Waals surface area (Å²) in [5.41, 5.74) is 6.72. The molecule has 320 valence electrons. The van der Waals surface area contributed by atoms with Crippen molar-refractivity contribution in [2.75, 3.05) is 100.0 Å². The van der Waals surface area contributed by atoms with Crippen LogP contribution in [0.3, 0.4) is 0 Å². The minimum Gasteiger partial charge on any atom is -0.464 e. The van der Waals surface area contributed by atoms with Crippen LogP contribution >= 0.6 is 0 Å². The van der Waals surface area contributed by atoms with Crippen LogP contribution in [0.25, 0.3) is 22.0 Å². The molecule has 0 bridgehead atoms. The first-order chi connectivity index (χ1) is 28.9. The quantitative estimate of drug-likeness (QED) is 0.0536. The number of esters is 1. The number of ether oxygens (including phenoxy) is 7. The topological polar surface area (TPSA) is 136 Å². The lowest BCUT2D eigenvalue weighted by molar-refractivity contribution is -0.149. The molecule has 1 unspecified atom stereocenters. The lowest BCUT2D eigenvalue weighted by Crippen LogP contribution is -2.37. The van der Waals surface area contributed by atoms with Crippen molar-refractivity contribution in [2.24, 2.45) is 0 Å². The highest BCUT2D eigenvalue weighted by molar-refractivity contribution is 5.86. The van der Waals surface area contributed by atoms with Crippen LogP contribution in [0.2, 0.25) is 0 Å². The molecule has 1 heterocycles. The van der Waals surface area contributed by atoms with Crippen molar-refractivity contribution in [2.45, 2.75) is 51.2 Å². The van der Waals surface area contributed by atoms with E-state index in [2.05, 4.69) is 40.2 Å². The highest BCUT2D eigenvalue weighted by atomic mass is 16.6. The van der Waals surface area contributed by atoms with Crippen LogP contribution in [0.4, 0.5) is 0 Å². The Morgan fingerprint density at radius 1 is 0.712 bits per heavy atom. The standard InChI is InChI=1S/C46H61N3O10/c1-35(46(52)59-34-43-41-15-7-5-13-39(41)40-14-6-8-16-42(40)43)48(2)33-37-31-36-11-4-9-17-44(36)49(37)19-18-45(51)47-32-38(50)12-10-20-54-23-24-56-27-28-58-30-29-57-26-25-55-22-21-53-3/h4-9,11,13-17,31,35,43H,10,12,18-30,32-34H2,1-3H3,(H,47,51). The summed E-state index contributed by atoms with van der Waals surface area (Å²) in [6, 6.07) is 26.2. The fourth-order valence-corrected chi connectivity index (χ4v) is 7.04. The molecule has 0 spiro atoms. The predicted molar refractivity (Wildman–Crippen MR) is 225 cm³/mol. The summed E-state index contributed by atoms with van der Waals surface area (Å²) in [7, 11) is 3.55. The van der Waals surface area contributed by atoms with Gasteiger partial charge in [0.05, 0.1) is 72.6 Å². The van der Waals surface area contributed by atoms with Crippen LogP contribution in [0.1, 0.15) is 48.9 Å². The number of hydrogen-bond donors (Lipinski definition) is 1. The molecular weight excluding hydrogens is 755 g/mol. The highest BCUT2D eigenvalue weighted by Gasteiger charge is 2.30. The van der Waals surface area contributed by atoms with E-state index in [0.717, 1.165) is 16.6 Å². The molecule has 3 aromatic carbocycles. The van der Waals surface area contributed by atoms with E-state index in [1.54, 1.807) is 7.11 Å². The Bertz CT molecular complexity index is 1850. The third-order valence-electron chi connectivity index (χ3n) is 10.4. The summed E-state index contributed by atoms with van der Waals surface area (Å²) >= 11 is 0. The van der Waals surface area contributed by atoms with Gasteiger partial charge in [0.25, 0.3) is 0 Å². The second-order valence-corrected chi connectivity index (χ2v) is 14.5. The van der Waals surface area contributed by atoms with E-state index in [-0.39, 0.29) is 43.2 Å². The van der Waals surface area contributed by atoms with Gasteiger partial charge in [-0.25, -0.2) is 0 Å². The maximum Gasteiger partial charge on any atom is 0.323 e. The number of carbonyl (C=O) groups is 3. The Morgan fingerprint density at radius 2 is 1.25 bits per heavy atom. The zero-order valence-corrected chi connectivity index (χ0v) is 34.9. The number of ketones is 1. The SMILES string of the molecule is COCCOCCOCCOCCOCCOCCCC(=O)CNC(=O)CCn1c(CN(C)C(C)C(=O)OCC2c3ccccc3-c3ccccc32)cc2ccccc21. The fourth-order valence-electron chi connectivity index (χ4n) is 7.04. The van der Waals surface area contributed by atoms with E-state index >= 15 is 0 Å². The molecule has 1 amide bonds. The molecule has 13 heteroatoms. The van der Waals surface area contributed by atoms with Crippen molar-refractivity contribution in [1.29, 1.82) is 0 Å². The van der Waals surface area contributed by atoms with Gasteiger partial charge in [0, 0.05) is 56.8 Å². The van der Waals surface area contributed by atoms with Gasteiger partial charge >= 0.3 is 5.97 Å². The van der Waals surface area contributed by atoms with Gasteiger partial charge in [-0.15, -0.1) is 0 Å². The molecule has 13 nitrogen and oxygen atoms in total. The third-order valence-corrected chi connectivity index (χ3v) is 10.4. The van der Waals surface area contributed by atoms with Gasteiger partial charge in [0.1, 0.15) is 12.6 Å². The van der Waals surface area contributed by atoms with Crippen molar-refractivity contribution >= 4 is 28.6 Å². The predicted octanol–water partition coefficient (Wildman–Crippen LogP) is 5.40. The maximum absolute atomic E-state index is 13.4. The van der Waals surface area contributed by atoms with Gasteiger partial charge < -0.3 is 43.0 Å². The van der Waals surface area contributed by atoms with Gasteiger partial charge in [-0.1, -0.05) is 66.7 Å². The van der Waals surface area contributed by atoms with Crippen molar-refractivity contribution in [1.82, 2.24) is 14.8 Å². The highest BCUT2D eigenvalue weighted by Crippen LogP contribution is 2.44. The Balaban J connectivity index is 0.946. The van der Waals surface area contributed by atoms with Crippen LogP contribution < -0.4 is 5.32 Å². The number of benzene rings is 3. The molecule has 0 radical (unpaired) electrons. The Kier molecular flexibility index (Phi) is 19.5. The van der Waals surface area contributed by atoms with Gasteiger partial charge in [0.2, 0.25) is 5.91 Å². The maximum atomic E-state index is 13.4. The molecule has 1 aromatic heterocycles. The first-order valence-electron chi connectivity index (χ1n) is 20.7. The molecular formula is C46H61N3O10. The summed E-state index contributed by atoms with van der Waals surface area (Å²) in [5, 5.41) is 3.83. The number of methoxy groups -OCH3 is 1. The number of rotatable bonds is 30. The van der Waals surface area contributed by atoms with Gasteiger partial charge in [-0.05, 0) is 60.2 Å². The number of likely N-dealkylation sites (N-methyl/N-ethyl adjacent to an activating group) is 1. The van der Waals surface area contributed by atoms with E-state index in [1.165, 1.54) is 22.3 Å². The van der Waals surface area contributed by atoms with Crippen molar-refractivity contribution in [3.05, 3.63) is 95.7 Å². The second kappa shape index (κ2) is 25.2. The van der Waals surface area contributed by atoms with Gasteiger partial charge in [-0.2, -0.15) is 0 Å². The number of amides is 1. The molecule has 1 aliphatic carbocycles. The van der Waals surface area contributed by atoms with Gasteiger partial charge in [-0.3, -0.25) is 19.3 Å². The summed E-state index contributed by atoms with van der Waals surface area (Å²) in [4.78, 5) is 40.7. The molecule has 59 heavy (non-hydrogen) atoms. The monoisotopic (exact) mass is 815 g/mol. The largest absolute Gasteiger partial charge is 0.464 e. The van der Waals surface area contributed by atoms with Gasteiger partial charge in [0.15, 0.2) is 5.78 Å². The van der Waals surface area contributed by atoms with E-state index in [1.807, 2.05) is 67.4 Å². The second-order valence-electron chi connectivity index (χ2n) is 14.5. The van der Waals surface area contributed by atoms with Crippen molar-refractivity contribution < 1.29 is 47.5 Å².